The van der Waals surface area contributed by atoms with Gasteiger partial charge in [0, 0.05) is 14.0 Å². The van der Waals surface area contributed by atoms with Crippen molar-refractivity contribution in [2.75, 3.05) is 12.4 Å². The van der Waals surface area contributed by atoms with E-state index in [4.69, 9.17) is 9.15 Å². The van der Waals surface area contributed by atoms with Crippen LogP contribution in [0.4, 0.5) is 15.9 Å². The van der Waals surface area contributed by atoms with Crippen molar-refractivity contribution in [2.45, 2.75) is 13.8 Å². The number of fused-ring (bicyclic) bond motifs is 1. The van der Waals surface area contributed by atoms with Crippen molar-refractivity contribution in [3.63, 3.8) is 0 Å². The predicted molar refractivity (Wildman–Crippen MR) is 89.7 cm³/mol. The van der Waals surface area contributed by atoms with Gasteiger partial charge in [0.1, 0.15) is 17.2 Å². The van der Waals surface area contributed by atoms with Crippen LogP contribution < -0.4 is 10.9 Å². The van der Waals surface area contributed by atoms with Gasteiger partial charge in [-0.25, -0.2) is 14.2 Å². The molecule has 0 spiro atoms. The van der Waals surface area contributed by atoms with Crippen molar-refractivity contribution in [3.8, 4) is 0 Å². The molecule has 1 aromatic carbocycles. The molecule has 0 saturated carbocycles. The van der Waals surface area contributed by atoms with Gasteiger partial charge in [-0.15, -0.1) is 0 Å². The first-order valence-electron chi connectivity index (χ1n) is 7.45. The zero-order chi connectivity index (χ0) is 18.3. The molecule has 8 heteroatoms. The highest BCUT2D eigenvalue weighted by molar-refractivity contribution is 6.06. The highest BCUT2D eigenvalue weighted by Gasteiger charge is 2.26. The van der Waals surface area contributed by atoms with E-state index in [9.17, 15) is 14.0 Å². The molecule has 0 radical (unpaired) electrons. The minimum absolute atomic E-state index is 0.00229. The number of nitrogens with one attached hydrogen (secondary N) is 1. The maximum absolute atomic E-state index is 14.2. The van der Waals surface area contributed by atoms with Crippen LogP contribution in [0.3, 0.4) is 0 Å². The van der Waals surface area contributed by atoms with Crippen molar-refractivity contribution in [3.05, 3.63) is 51.4 Å². The lowest BCUT2D eigenvalue weighted by Crippen LogP contribution is -2.24. The Labute approximate surface area is 142 Å². The number of carbonyl (C=O) groups is 1. The fraction of sp³-hybridized carbons (Fsp3) is 0.235. The third-order valence-electron chi connectivity index (χ3n) is 3.81. The summed E-state index contributed by atoms with van der Waals surface area (Å²) in [7, 11) is 2.66. The van der Waals surface area contributed by atoms with Gasteiger partial charge in [0.2, 0.25) is 0 Å². The lowest BCUT2D eigenvalue weighted by Gasteiger charge is -2.15. The molecule has 3 aromatic rings. The molecule has 0 bridgehead atoms. The van der Waals surface area contributed by atoms with Crippen LogP contribution in [0.15, 0.2) is 27.4 Å². The Kier molecular flexibility index (Phi) is 4.03. The molecule has 25 heavy (non-hydrogen) atoms. The largest absolute Gasteiger partial charge is 0.465 e. The van der Waals surface area contributed by atoms with E-state index >= 15 is 0 Å². The molecule has 0 atom stereocenters. The first-order chi connectivity index (χ1) is 11.8. The zero-order valence-corrected chi connectivity index (χ0v) is 14.1. The maximum atomic E-state index is 14.2. The van der Waals surface area contributed by atoms with Gasteiger partial charge in [0.05, 0.1) is 12.8 Å². The average Bonchev–Trinajstić information content (AvgIpc) is 2.95. The van der Waals surface area contributed by atoms with Crippen LogP contribution in [0.25, 0.3) is 11.1 Å². The number of rotatable bonds is 3. The molecular formula is C17H16FN3O4. The van der Waals surface area contributed by atoms with E-state index in [1.807, 2.05) is 0 Å². The number of ether oxygens (including phenoxy) is 1. The average molecular weight is 345 g/mol. The number of oxazole rings is 1. The third kappa shape index (κ3) is 2.75. The number of aromatic nitrogens is 2. The van der Waals surface area contributed by atoms with Gasteiger partial charge in [-0.2, -0.15) is 0 Å². The summed E-state index contributed by atoms with van der Waals surface area (Å²) in [6, 6.07) is 4.57. The molecule has 130 valence electrons. The van der Waals surface area contributed by atoms with E-state index in [2.05, 4.69) is 10.3 Å². The second-order valence-corrected chi connectivity index (χ2v) is 5.60. The number of methoxy groups -OCH3 is 1. The van der Waals surface area contributed by atoms with Crippen molar-refractivity contribution >= 4 is 28.6 Å². The van der Waals surface area contributed by atoms with Crippen LogP contribution in [0, 0.1) is 19.7 Å². The standard InChI is InChI=1S/C17H16FN3O4/c1-8-5-6-11(10(18)7-8)20-15-12(17(23)24-4)14-13(16(22)21(15)3)19-9(2)25-14/h5-7,20H,1-4H3. The second kappa shape index (κ2) is 6.04. The number of esters is 1. The maximum Gasteiger partial charge on any atom is 0.345 e. The highest BCUT2D eigenvalue weighted by Crippen LogP contribution is 2.28. The Morgan fingerprint density at radius 3 is 2.72 bits per heavy atom. The Bertz CT molecular complexity index is 1050. The first-order valence-corrected chi connectivity index (χ1v) is 7.45. The minimum Gasteiger partial charge on any atom is -0.465 e. The Morgan fingerprint density at radius 1 is 1.36 bits per heavy atom. The summed E-state index contributed by atoms with van der Waals surface area (Å²) >= 11 is 0. The molecule has 2 aromatic heterocycles. The Hall–Kier alpha value is -3.16. The normalized spacial score (nSPS) is 10.9. The van der Waals surface area contributed by atoms with Crippen molar-refractivity contribution in [1.29, 1.82) is 0 Å². The van der Waals surface area contributed by atoms with Crippen LogP contribution in [0.1, 0.15) is 21.8 Å². The number of halogens is 1. The van der Waals surface area contributed by atoms with Gasteiger partial charge in [-0.1, -0.05) is 6.07 Å². The molecule has 0 aliphatic heterocycles. The van der Waals surface area contributed by atoms with Crippen molar-refractivity contribution in [2.24, 2.45) is 7.05 Å². The van der Waals surface area contributed by atoms with Crippen LogP contribution in [-0.4, -0.2) is 22.6 Å². The lowest BCUT2D eigenvalue weighted by molar-refractivity contribution is 0.0602. The molecule has 0 aliphatic rings. The number of carbonyl (C=O) groups excluding carboxylic acids is 1. The van der Waals surface area contributed by atoms with Gasteiger partial charge >= 0.3 is 5.97 Å². The van der Waals surface area contributed by atoms with Gasteiger partial charge in [0.15, 0.2) is 17.0 Å². The first kappa shape index (κ1) is 16.7. The topological polar surface area (TPSA) is 86.4 Å². The fourth-order valence-corrected chi connectivity index (χ4v) is 2.56. The highest BCUT2D eigenvalue weighted by atomic mass is 19.1. The summed E-state index contributed by atoms with van der Waals surface area (Å²) in [5, 5.41) is 2.79. The second-order valence-electron chi connectivity index (χ2n) is 5.60. The monoisotopic (exact) mass is 345 g/mol. The summed E-state index contributed by atoms with van der Waals surface area (Å²) in [6.45, 7) is 3.32. The van der Waals surface area contributed by atoms with E-state index in [1.54, 1.807) is 19.9 Å². The quantitative estimate of drug-likeness (QED) is 0.735. The summed E-state index contributed by atoms with van der Waals surface area (Å²) in [5.74, 6) is -0.956. The van der Waals surface area contributed by atoms with E-state index in [-0.39, 0.29) is 34.1 Å². The number of aryl methyl sites for hydroxylation is 2. The molecule has 2 heterocycles. The predicted octanol–water partition coefficient (Wildman–Crippen LogP) is 2.81. The molecule has 3 rings (SSSR count). The van der Waals surface area contributed by atoms with E-state index < -0.39 is 17.3 Å². The SMILES string of the molecule is COC(=O)c1c(Nc2ccc(C)cc2F)n(C)c(=O)c2nc(C)oc12. The number of benzene rings is 1. The molecule has 0 unspecified atom stereocenters. The van der Waals surface area contributed by atoms with Gasteiger partial charge in [-0.3, -0.25) is 9.36 Å². The Balaban J connectivity index is 2.31. The van der Waals surface area contributed by atoms with Crippen LogP contribution in [0.5, 0.6) is 0 Å². The lowest BCUT2D eigenvalue weighted by atomic mass is 10.2. The molecule has 0 saturated heterocycles. The van der Waals surface area contributed by atoms with E-state index in [1.165, 1.54) is 30.9 Å². The molecule has 0 fully saturated rings. The number of hydrogen-bond acceptors (Lipinski definition) is 6. The molecule has 1 N–H and O–H groups in total. The molecule has 7 nitrogen and oxygen atoms in total. The third-order valence-corrected chi connectivity index (χ3v) is 3.81. The summed E-state index contributed by atoms with van der Waals surface area (Å²) in [4.78, 5) is 28.8. The van der Waals surface area contributed by atoms with E-state index in [0.717, 1.165) is 5.56 Å². The number of hydrogen-bond donors (Lipinski definition) is 1. The van der Waals surface area contributed by atoms with Crippen LogP contribution in [0.2, 0.25) is 0 Å². The van der Waals surface area contributed by atoms with Crippen molar-refractivity contribution in [1.82, 2.24) is 9.55 Å². The fourth-order valence-electron chi connectivity index (χ4n) is 2.56. The summed E-state index contributed by atoms with van der Waals surface area (Å²) in [5.41, 5.74) is 0.361. The number of pyridine rings is 1. The Morgan fingerprint density at radius 2 is 2.08 bits per heavy atom. The van der Waals surface area contributed by atoms with Gasteiger partial charge < -0.3 is 14.5 Å². The molecule has 0 aliphatic carbocycles. The molecular weight excluding hydrogens is 329 g/mol. The smallest absolute Gasteiger partial charge is 0.345 e. The number of nitrogens with zero attached hydrogens (tertiary/aromatic N) is 2. The van der Waals surface area contributed by atoms with Crippen molar-refractivity contribution < 1.29 is 18.3 Å². The molecule has 0 amide bonds. The van der Waals surface area contributed by atoms with E-state index in [0.29, 0.717) is 0 Å². The van der Waals surface area contributed by atoms with Gasteiger partial charge in [-0.05, 0) is 24.6 Å². The minimum atomic E-state index is -0.730. The number of anilines is 2. The van der Waals surface area contributed by atoms with Gasteiger partial charge in [0.25, 0.3) is 5.56 Å². The zero-order valence-electron chi connectivity index (χ0n) is 14.1. The summed E-state index contributed by atoms with van der Waals surface area (Å²) in [6.07, 6.45) is 0. The van der Waals surface area contributed by atoms with Crippen LogP contribution in [-0.2, 0) is 11.8 Å². The van der Waals surface area contributed by atoms with Crippen LogP contribution >= 0.6 is 0 Å². The summed E-state index contributed by atoms with van der Waals surface area (Å²) < 4.78 is 25.6.